The number of carbonyl (C=O) groups is 1. The average Bonchev–Trinajstić information content (AvgIpc) is 2.22. The van der Waals surface area contributed by atoms with Gasteiger partial charge in [0.05, 0.1) is 11.5 Å². The lowest BCUT2D eigenvalue weighted by atomic mass is 9.64. The normalized spacial score (nSPS) is 21.8. The van der Waals surface area contributed by atoms with Gasteiger partial charge in [-0.05, 0) is 49.8 Å². The van der Waals surface area contributed by atoms with Gasteiger partial charge in [-0.25, -0.2) is 0 Å². The van der Waals surface area contributed by atoms with Crippen LogP contribution in [-0.4, -0.2) is 17.2 Å². The van der Waals surface area contributed by atoms with E-state index in [1.54, 1.807) is 0 Å². The van der Waals surface area contributed by atoms with E-state index >= 15 is 0 Å². The Morgan fingerprint density at radius 3 is 2.56 bits per heavy atom. The fraction of sp³-hybridized carbons (Fsp3) is 0.533. The van der Waals surface area contributed by atoms with Crippen molar-refractivity contribution in [1.82, 2.24) is 0 Å². The predicted octanol–water partition coefficient (Wildman–Crippen LogP) is 3.12. The Morgan fingerprint density at radius 2 is 2.06 bits per heavy atom. The number of hydrogen-bond acceptors (Lipinski definition) is 2. The van der Waals surface area contributed by atoms with Crippen molar-refractivity contribution in [3.63, 3.8) is 0 Å². The highest BCUT2D eigenvalue weighted by atomic mass is 16.5. The van der Waals surface area contributed by atoms with E-state index in [9.17, 15) is 9.90 Å². The first-order valence-electron chi connectivity index (χ1n) is 6.71. The maximum Gasteiger partial charge on any atom is 0.314 e. The Hall–Kier alpha value is -1.51. The van der Waals surface area contributed by atoms with Crippen LogP contribution in [0.5, 0.6) is 5.75 Å². The van der Waals surface area contributed by atoms with Crippen molar-refractivity contribution >= 4 is 5.97 Å². The van der Waals surface area contributed by atoms with Gasteiger partial charge in [0.15, 0.2) is 0 Å². The molecule has 1 aromatic rings. The summed E-state index contributed by atoms with van der Waals surface area (Å²) in [7, 11) is 0. The molecule has 0 spiro atoms. The Labute approximate surface area is 107 Å². The molecule has 0 atom stereocenters. The quantitative estimate of drug-likeness (QED) is 0.887. The number of hydrogen-bond donors (Lipinski definition) is 1. The second-order valence-corrected chi connectivity index (χ2v) is 5.44. The number of rotatable bonds is 4. The van der Waals surface area contributed by atoms with Crippen LogP contribution in [0.25, 0.3) is 0 Å². The maximum atomic E-state index is 11.5. The van der Waals surface area contributed by atoms with E-state index in [2.05, 4.69) is 0 Å². The molecule has 3 rings (SSSR count). The Bertz CT molecular complexity index is 459. The first-order valence-corrected chi connectivity index (χ1v) is 6.71. The van der Waals surface area contributed by atoms with Crippen molar-refractivity contribution in [3.8, 4) is 5.75 Å². The van der Waals surface area contributed by atoms with Crippen LogP contribution in [0.4, 0.5) is 0 Å². The molecule has 2 saturated carbocycles. The lowest BCUT2D eigenvalue weighted by Gasteiger charge is -2.38. The third-order valence-electron chi connectivity index (χ3n) is 4.36. The summed E-state index contributed by atoms with van der Waals surface area (Å²) in [4.78, 5) is 11.5. The van der Waals surface area contributed by atoms with E-state index < -0.39 is 11.4 Å². The maximum absolute atomic E-state index is 11.5. The first kappa shape index (κ1) is 11.6. The van der Waals surface area contributed by atoms with Crippen LogP contribution in [0.1, 0.15) is 44.1 Å². The summed E-state index contributed by atoms with van der Waals surface area (Å²) in [5, 5.41) is 9.43. The van der Waals surface area contributed by atoms with Crippen LogP contribution < -0.4 is 4.74 Å². The minimum Gasteiger partial charge on any atom is -0.490 e. The summed E-state index contributed by atoms with van der Waals surface area (Å²) in [6, 6.07) is 7.68. The average molecular weight is 246 g/mol. The van der Waals surface area contributed by atoms with Gasteiger partial charge in [-0.2, -0.15) is 0 Å². The van der Waals surface area contributed by atoms with Crippen molar-refractivity contribution in [2.75, 3.05) is 0 Å². The fourth-order valence-corrected chi connectivity index (χ4v) is 2.70. The molecule has 2 aliphatic rings. The molecule has 0 aromatic heterocycles. The van der Waals surface area contributed by atoms with Crippen molar-refractivity contribution in [1.29, 1.82) is 0 Å². The molecule has 3 heteroatoms. The van der Waals surface area contributed by atoms with Crippen LogP contribution in [0.2, 0.25) is 0 Å². The van der Waals surface area contributed by atoms with Crippen molar-refractivity contribution < 1.29 is 14.6 Å². The van der Waals surface area contributed by atoms with E-state index in [0.29, 0.717) is 6.10 Å². The third-order valence-corrected chi connectivity index (χ3v) is 4.36. The summed E-state index contributed by atoms with van der Waals surface area (Å²) in [6.45, 7) is 0. The molecule has 0 aliphatic heterocycles. The van der Waals surface area contributed by atoms with Gasteiger partial charge in [0.2, 0.25) is 0 Å². The largest absolute Gasteiger partial charge is 0.490 e. The van der Waals surface area contributed by atoms with Crippen LogP contribution in [0.15, 0.2) is 24.3 Å². The highest BCUT2D eigenvalue weighted by Gasteiger charge is 2.46. The van der Waals surface area contributed by atoms with Gasteiger partial charge in [-0.3, -0.25) is 4.79 Å². The van der Waals surface area contributed by atoms with E-state index in [1.807, 2.05) is 24.3 Å². The molecule has 0 heterocycles. The summed E-state index contributed by atoms with van der Waals surface area (Å²) in [5.41, 5.74) is 0.247. The second kappa shape index (κ2) is 4.30. The van der Waals surface area contributed by atoms with Gasteiger partial charge in [0.25, 0.3) is 0 Å². The van der Waals surface area contributed by atoms with Crippen molar-refractivity contribution in [2.45, 2.75) is 50.0 Å². The highest BCUT2D eigenvalue weighted by Crippen LogP contribution is 2.44. The number of carboxylic acid groups (broad SMARTS) is 1. The number of aliphatic carboxylic acids is 1. The molecular weight excluding hydrogens is 228 g/mol. The molecule has 0 bridgehead atoms. The molecule has 0 amide bonds. The number of ether oxygens (including phenoxy) is 1. The van der Waals surface area contributed by atoms with Gasteiger partial charge < -0.3 is 9.84 Å². The molecular formula is C15H18O3. The number of carboxylic acids is 1. The summed E-state index contributed by atoms with van der Waals surface area (Å²) >= 11 is 0. The monoisotopic (exact) mass is 246 g/mol. The van der Waals surface area contributed by atoms with Crippen LogP contribution >= 0.6 is 0 Å². The minimum absolute atomic E-state index is 0.336. The molecule has 96 valence electrons. The summed E-state index contributed by atoms with van der Waals surface area (Å²) < 4.78 is 5.84. The molecule has 1 N–H and O–H groups in total. The molecule has 0 saturated heterocycles. The smallest absolute Gasteiger partial charge is 0.314 e. The lowest BCUT2D eigenvalue weighted by Crippen LogP contribution is -2.42. The standard InChI is InChI=1S/C15H18O3/c16-14(17)15(8-3-9-15)11-4-1-7-13(10-11)18-12-5-2-6-12/h1,4,7,10,12H,2-3,5-6,8-9H2,(H,16,17). The van der Waals surface area contributed by atoms with Crippen LogP contribution in [0, 0.1) is 0 Å². The molecule has 0 unspecified atom stereocenters. The van der Waals surface area contributed by atoms with E-state index in [-0.39, 0.29) is 0 Å². The Kier molecular flexibility index (Phi) is 2.77. The molecule has 3 nitrogen and oxygen atoms in total. The number of benzene rings is 1. The van der Waals surface area contributed by atoms with Gasteiger partial charge in [-0.1, -0.05) is 18.6 Å². The zero-order valence-corrected chi connectivity index (χ0v) is 10.4. The first-order chi connectivity index (χ1) is 8.71. The van der Waals surface area contributed by atoms with Crippen LogP contribution in [-0.2, 0) is 10.2 Å². The summed E-state index contributed by atoms with van der Waals surface area (Å²) in [5.74, 6) is 0.124. The highest BCUT2D eigenvalue weighted by molar-refractivity contribution is 5.82. The van der Waals surface area contributed by atoms with Crippen molar-refractivity contribution in [3.05, 3.63) is 29.8 Å². The van der Waals surface area contributed by atoms with Gasteiger partial charge >= 0.3 is 5.97 Å². The molecule has 2 fully saturated rings. The molecule has 1 aromatic carbocycles. The van der Waals surface area contributed by atoms with E-state index in [1.165, 1.54) is 6.42 Å². The SMILES string of the molecule is O=C(O)C1(c2cccc(OC3CCC3)c2)CCC1. The van der Waals surface area contributed by atoms with E-state index in [0.717, 1.165) is 43.4 Å². The van der Waals surface area contributed by atoms with E-state index in [4.69, 9.17) is 4.74 Å². The molecule has 18 heavy (non-hydrogen) atoms. The van der Waals surface area contributed by atoms with Gasteiger partial charge in [0, 0.05) is 0 Å². The lowest BCUT2D eigenvalue weighted by molar-refractivity contribution is -0.147. The summed E-state index contributed by atoms with van der Waals surface area (Å²) in [6.07, 6.45) is 6.30. The Balaban J connectivity index is 1.83. The molecule has 2 aliphatic carbocycles. The third kappa shape index (κ3) is 1.78. The van der Waals surface area contributed by atoms with Crippen molar-refractivity contribution in [2.24, 2.45) is 0 Å². The van der Waals surface area contributed by atoms with Crippen LogP contribution in [0.3, 0.4) is 0 Å². The Morgan fingerprint density at radius 1 is 1.28 bits per heavy atom. The molecule has 0 radical (unpaired) electrons. The zero-order chi connectivity index (χ0) is 12.6. The zero-order valence-electron chi connectivity index (χ0n) is 10.4. The van der Waals surface area contributed by atoms with Gasteiger partial charge in [0.1, 0.15) is 5.75 Å². The van der Waals surface area contributed by atoms with Gasteiger partial charge in [-0.15, -0.1) is 0 Å². The minimum atomic E-state index is -0.699. The second-order valence-electron chi connectivity index (χ2n) is 5.44. The predicted molar refractivity (Wildman–Crippen MR) is 67.9 cm³/mol. The fourth-order valence-electron chi connectivity index (χ4n) is 2.70. The topological polar surface area (TPSA) is 46.5 Å².